The molecule has 3 aromatic heterocycles. The van der Waals surface area contributed by atoms with Crippen LogP contribution < -0.4 is 15.1 Å². The summed E-state index contributed by atoms with van der Waals surface area (Å²) in [6.45, 7) is 4.93. The van der Waals surface area contributed by atoms with Gasteiger partial charge >= 0.3 is 0 Å². The number of ether oxygens (including phenoxy) is 1. The van der Waals surface area contributed by atoms with Crippen LogP contribution in [0.25, 0.3) is 11.0 Å². The first-order valence-electron chi connectivity index (χ1n) is 9.68. The molecule has 0 saturated carbocycles. The van der Waals surface area contributed by atoms with Crippen molar-refractivity contribution in [3.8, 4) is 0 Å². The molecule has 0 radical (unpaired) electrons. The number of H-pyrrole nitrogens is 1. The summed E-state index contributed by atoms with van der Waals surface area (Å²) in [6, 6.07) is 2.22. The van der Waals surface area contributed by atoms with Crippen LogP contribution in [0.4, 0.5) is 17.6 Å². The molecule has 3 aromatic rings. The zero-order chi connectivity index (χ0) is 18.8. The third-order valence-electron chi connectivity index (χ3n) is 5.24. The van der Waals surface area contributed by atoms with Crippen molar-refractivity contribution in [2.75, 3.05) is 54.5 Å². The van der Waals surface area contributed by atoms with E-state index in [9.17, 15) is 0 Å². The maximum atomic E-state index is 5.42. The molecule has 0 spiro atoms. The van der Waals surface area contributed by atoms with Crippen molar-refractivity contribution in [3.63, 3.8) is 0 Å². The second kappa shape index (κ2) is 7.55. The Morgan fingerprint density at radius 2 is 2.04 bits per heavy atom. The van der Waals surface area contributed by atoms with Gasteiger partial charge in [-0.05, 0) is 18.9 Å². The summed E-state index contributed by atoms with van der Waals surface area (Å²) in [6.07, 6.45) is 7.38. The molecule has 146 valence electrons. The Labute approximate surface area is 162 Å². The number of hydrogen-bond acceptors (Lipinski definition) is 9. The number of morpholine rings is 1. The van der Waals surface area contributed by atoms with Crippen molar-refractivity contribution in [1.29, 1.82) is 0 Å². The normalized spacial score (nSPS) is 20.5. The lowest BCUT2D eigenvalue weighted by atomic mass is 10.1. The molecule has 0 bridgehead atoms. The van der Waals surface area contributed by atoms with Crippen LogP contribution in [0, 0.1) is 0 Å². The second-order valence-electron chi connectivity index (χ2n) is 7.10. The minimum Gasteiger partial charge on any atom is -0.378 e. The van der Waals surface area contributed by atoms with Crippen LogP contribution in [-0.4, -0.2) is 75.6 Å². The molecule has 1 atom stereocenters. The smallest absolute Gasteiger partial charge is 0.227 e. The molecule has 0 aromatic carbocycles. The molecule has 0 aliphatic carbocycles. The van der Waals surface area contributed by atoms with E-state index in [1.807, 2.05) is 12.3 Å². The fourth-order valence-electron chi connectivity index (χ4n) is 3.85. The number of rotatable bonds is 4. The second-order valence-corrected chi connectivity index (χ2v) is 7.10. The van der Waals surface area contributed by atoms with Gasteiger partial charge < -0.3 is 19.9 Å². The topological polar surface area (TPSA) is 108 Å². The molecule has 10 nitrogen and oxygen atoms in total. The van der Waals surface area contributed by atoms with Gasteiger partial charge in [-0.15, -0.1) is 0 Å². The van der Waals surface area contributed by atoms with Crippen LogP contribution in [0.15, 0.2) is 24.8 Å². The lowest BCUT2D eigenvalue weighted by Gasteiger charge is -2.34. The molecule has 10 heteroatoms. The van der Waals surface area contributed by atoms with Gasteiger partial charge in [0.25, 0.3) is 0 Å². The van der Waals surface area contributed by atoms with Crippen molar-refractivity contribution >= 4 is 28.6 Å². The SMILES string of the molecule is c1cc(NC2CCCN(c3ncnc4[nH]ncc34)C2)nc(N2CCOCC2)n1. The number of nitrogens with zero attached hydrogens (tertiary/aromatic N) is 7. The maximum Gasteiger partial charge on any atom is 0.227 e. The Morgan fingerprint density at radius 3 is 2.96 bits per heavy atom. The van der Waals surface area contributed by atoms with E-state index in [1.54, 1.807) is 12.5 Å². The van der Waals surface area contributed by atoms with E-state index in [0.29, 0.717) is 0 Å². The van der Waals surface area contributed by atoms with Crippen molar-refractivity contribution in [1.82, 2.24) is 30.1 Å². The highest BCUT2D eigenvalue weighted by Crippen LogP contribution is 2.25. The Kier molecular flexibility index (Phi) is 4.61. The first-order valence-corrected chi connectivity index (χ1v) is 9.68. The van der Waals surface area contributed by atoms with E-state index in [4.69, 9.17) is 9.72 Å². The van der Waals surface area contributed by atoms with Crippen LogP contribution in [0.3, 0.4) is 0 Å². The van der Waals surface area contributed by atoms with Crippen LogP contribution in [-0.2, 0) is 4.74 Å². The summed E-state index contributed by atoms with van der Waals surface area (Å²) in [5.74, 6) is 2.55. The van der Waals surface area contributed by atoms with Crippen molar-refractivity contribution in [2.24, 2.45) is 0 Å². The number of aromatic amines is 1. The van der Waals surface area contributed by atoms with Gasteiger partial charge in [0.2, 0.25) is 5.95 Å². The monoisotopic (exact) mass is 381 g/mol. The number of aromatic nitrogens is 6. The van der Waals surface area contributed by atoms with E-state index in [1.165, 1.54) is 0 Å². The number of fused-ring (bicyclic) bond motifs is 1. The van der Waals surface area contributed by atoms with Crippen molar-refractivity contribution in [2.45, 2.75) is 18.9 Å². The molecular formula is C18H23N9O. The molecule has 1 unspecified atom stereocenters. The molecular weight excluding hydrogens is 358 g/mol. The van der Waals surface area contributed by atoms with Gasteiger partial charge in [-0.2, -0.15) is 10.1 Å². The van der Waals surface area contributed by atoms with Gasteiger partial charge in [0.1, 0.15) is 18.0 Å². The van der Waals surface area contributed by atoms with Crippen LogP contribution in [0.2, 0.25) is 0 Å². The molecule has 5 rings (SSSR count). The molecule has 2 fully saturated rings. The Morgan fingerprint density at radius 1 is 1.11 bits per heavy atom. The predicted molar refractivity (Wildman–Crippen MR) is 106 cm³/mol. The van der Waals surface area contributed by atoms with Crippen LogP contribution in [0.5, 0.6) is 0 Å². The van der Waals surface area contributed by atoms with Crippen molar-refractivity contribution in [3.05, 3.63) is 24.8 Å². The van der Waals surface area contributed by atoms with E-state index in [0.717, 1.165) is 80.9 Å². The highest BCUT2D eigenvalue weighted by atomic mass is 16.5. The molecule has 2 aliphatic heterocycles. The molecule has 0 amide bonds. The number of nitrogens with one attached hydrogen (secondary N) is 2. The maximum absolute atomic E-state index is 5.42. The van der Waals surface area contributed by atoms with Crippen LogP contribution >= 0.6 is 0 Å². The van der Waals surface area contributed by atoms with E-state index >= 15 is 0 Å². The molecule has 2 saturated heterocycles. The summed E-state index contributed by atoms with van der Waals surface area (Å²) < 4.78 is 5.42. The van der Waals surface area contributed by atoms with Crippen molar-refractivity contribution < 1.29 is 4.74 Å². The van der Waals surface area contributed by atoms with Gasteiger partial charge in [-0.3, -0.25) is 5.10 Å². The quantitative estimate of drug-likeness (QED) is 0.686. The molecule has 2 N–H and O–H groups in total. The lowest BCUT2D eigenvalue weighted by Crippen LogP contribution is -2.43. The molecule has 28 heavy (non-hydrogen) atoms. The van der Waals surface area contributed by atoms with E-state index in [-0.39, 0.29) is 6.04 Å². The van der Waals surface area contributed by atoms with Gasteiger partial charge in [0, 0.05) is 38.4 Å². The minimum absolute atomic E-state index is 0.290. The van der Waals surface area contributed by atoms with Gasteiger partial charge in [0.05, 0.1) is 24.8 Å². The van der Waals surface area contributed by atoms with E-state index < -0.39 is 0 Å². The first-order chi connectivity index (χ1) is 13.9. The minimum atomic E-state index is 0.290. The lowest BCUT2D eigenvalue weighted by molar-refractivity contribution is 0.122. The summed E-state index contributed by atoms with van der Waals surface area (Å²) in [5.41, 5.74) is 0.769. The summed E-state index contributed by atoms with van der Waals surface area (Å²) in [4.78, 5) is 22.3. The summed E-state index contributed by atoms with van der Waals surface area (Å²) in [5, 5.41) is 11.6. The Bertz CT molecular complexity index is 939. The standard InChI is InChI=1S/C18H23N9O/c1-2-13(11-27(5-1)17-14-10-22-25-16(14)20-12-21-17)23-15-3-4-19-18(24-15)26-6-8-28-9-7-26/h3-4,10,12-13H,1-2,5-9,11H2,(H,19,23,24)(H,20,21,22,25). The highest BCUT2D eigenvalue weighted by Gasteiger charge is 2.23. The number of hydrogen-bond donors (Lipinski definition) is 2. The Balaban J connectivity index is 1.30. The molecule has 5 heterocycles. The number of piperidine rings is 1. The average molecular weight is 381 g/mol. The predicted octanol–water partition coefficient (Wildman–Crippen LogP) is 1.06. The Hall–Kier alpha value is -3.01. The zero-order valence-electron chi connectivity index (χ0n) is 15.6. The zero-order valence-corrected chi connectivity index (χ0v) is 15.6. The summed E-state index contributed by atoms with van der Waals surface area (Å²) in [7, 11) is 0. The molecule has 2 aliphatic rings. The van der Waals surface area contributed by atoms with Crippen LogP contribution in [0.1, 0.15) is 12.8 Å². The third-order valence-corrected chi connectivity index (χ3v) is 5.24. The average Bonchev–Trinajstić information content (AvgIpc) is 3.24. The van der Waals surface area contributed by atoms with E-state index in [2.05, 4.69) is 40.3 Å². The largest absolute Gasteiger partial charge is 0.378 e. The fourth-order valence-corrected chi connectivity index (χ4v) is 3.85. The third kappa shape index (κ3) is 3.42. The number of anilines is 3. The summed E-state index contributed by atoms with van der Waals surface area (Å²) >= 11 is 0. The van der Waals surface area contributed by atoms with Gasteiger partial charge in [-0.25, -0.2) is 15.0 Å². The fraction of sp³-hybridized carbons (Fsp3) is 0.500. The van der Waals surface area contributed by atoms with Gasteiger partial charge in [0.15, 0.2) is 5.65 Å². The highest BCUT2D eigenvalue weighted by molar-refractivity contribution is 5.86. The van der Waals surface area contributed by atoms with Gasteiger partial charge in [-0.1, -0.05) is 0 Å². The first kappa shape index (κ1) is 17.1.